The van der Waals surface area contributed by atoms with Crippen LogP contribution in [0.3, 0.4) is 0 Å². The van der Waals surface area contributed by atoms with Crippen molar-refractivity contribution in [2.45, 2.75) is 6.61 Å². The second kappa shape index (κ2) is 3.14. The van der Waals surface area contributed by atoms with Gasteiger partial charge in [-0.15, -0.1) is 0 Å². The molecular weight excluding hydrogens is 175 g/mol. The van der Waals surface area contributed by atoms with Gasteiger partial charge in [0.1, 0.15) is 0 Å². The van der Waals surface area contributed by atoms with Gasteiger partial charge in [0.2, 0.25) is 0 Å². The molecule has 1 rings (SSSR count). The van der Waals surface area contributed by atoms with E-state index < -0.39 is 0 Å². The average Bonchev–Trinajstić information content (AvgIpc) is 1.95. The lowest BCUT2D eigenvalue weighted by molar-refractivity contribution is 0.276. The van der Waals surface area contributed by atoms with Crippen LogP contribution in [0.25, 0.3) is 0 Å². The van der Waals surface area contributed by atoms with Gasteiger partial charge in [0.15, 0.2) is 10.3 Å². The minimum Gasteiger partial charge on any atom is -0.390 e. The van der Waals surface area contributed by atoms with E-state index in [1.165, 1.54) is 6.20 Å². The molecule has 0 amide bonds. The van der Waals surface area contributed by atoms with Crippen LogP contribution in [-0.4, -0.2) is 15.1 Å². The molecule has 1 aromatic heterocycles. The Morgan fingerprint density at radius 1 is 1.40 bits per heavy atom. The Labute approximate surface area is 67.6 Å². The molecule has 0 aliphatic heterocycles. The molecule has 0 fully saturated rings. The van der Waals surface area contributed by atoms with Crippen LogP contribution in [0.5, 0.6) is 0 Å². The first kappa shape index (κ1) is 7.72. The highest BCUT2D eigenvalue weighted by Crippen LogP contribution is 2.15. The molecule has 0 radical (unpaired) electrons. The molecule has 0 aromatic carbocycles. The summed E-state index contributed by atoms with van der Waals surface area (Å²) in [7, 11) is 0. The van der Waals surface area contributed by atoms with Crippen molar-refractivity contribution in [3.8, 4) is 0 Å². The maximum absolute atomic E-state index is 8.55. The van der Waals surface area contributed by atoms with Crippen molar-refractivity contribution >= 4 is 23.2 Å². The molecule has 10 heavy (non-hydrogen) atoms. The Morgan fingerprint density at radius 3 is 2.60 bits per heavy atom. The normalized spacial score (nSPS) is 9.90. The quantitative estimate of drug-likeness (QED) is 0.706. The van der Waals surface area contributed by atoms with E-state index in [1.807, 2.05) is 0 Å². The number of halogens is 2. The summed E-state index contributed by atoms with van der Waals surface area (Å²) in [6.45, 7) is -0.177. The van der Waals surface area contributed by atoms with Crippen molar-refractivity contribution in [3.05, 3.63) is 22.2 Å². The monoisotopic (exact) mass is 178 g/mol. The van der Waals surface area contributed by atoms with E-state index in [4.69, 9.17) is 28.3 Å². The lowest BCUT2D eigenvalue weighted by Crippen LogP contribution is -1.91. The van der Waals surface area contributed by atoms with Crippen molar-refractivity contribution < 1.29 is 5.11 Å². The van der Waals surface area contributed by atoms with Crippen molar-refractivity contribution in [2.75, 3.05) is 0 Å². The Kier molecular flexibility index (Phi) is 2.43. The summed E-state index contributed by atoms with van der Waals surface area (Å²) in [4.78, 5) is 7.37. The molecule has 0 saturated heterocycles. The standard InChI is InChI=1S/C5H4Cl2N2O/c6-4-5(7)9-3(2-10)1-8-4/h1,10H,2H2. The molecule has 0 bridgehead atoms. The second-order valence-corrected chi connectivity index (χ2v) is 2.32. The molecule has 0 saturated carbocycles. The highest BCUT2D eigenvalue weighted by Gasteiger charge is 2.00. The van der Waals surface area contributed by atoms with E-state index in [9.17, 15) is 0 Å². The van der Waals surface area contributed by atoms with Gasteiger partial charge >= 0.3 is 0 Å². The summed E-state index contributed by atoms with van der Waals surface area (Å²) in [5.74, 6) is 0. The zero-order valence-corrected chi connectivity index (χ0v) is 6.39. The van der Waals surface area contributed by atoms with E-state index in [-0.39, 0.29) is 16.9 Å². The molecule has 1 heterocycles. The van der Waals surface area contributed by atoms with Gasteiger partial charge in [-0.1, -0.05) is 23.2 Å². The van der Waals surface area contributed by atoms with E-state index >= 15 is 0 Å². The molecule has 0 atom stereocenters. The third kappa shape index (κ3) is 1.56. The summed E-state index contributed by atoms with van der Waals surface area (Å²) < 4.78 is 0. The zero-order chi connectivity index (χ0) is 7.56. The summed E-state index contributed by atoms with van der Waals surface area (Å²) >= 11 is 10.9. The van der Waals surface area contributed by atoms with Crippen LogP contribution in [0.4, 0.5) is 0 Å². The van der Waals surface area contributed by atoms with E-state index in [0.29, 0.717) is 5.69 Å². The second-order valence-electron chi connectivity index (χ2n) is 1.60. The van der Waals surface area contributed by atoms with Gasteiger partial charge in [0.25, 0.3) is 0 Å². The number of hydrogen-bond acceptors (Lipinski definition) is 3. The highest BCUT2D eigenvalue weighted by molar-refractivity contribution is 6.40. The Bertz CT molecular complexity index is 241. The Hall–Kier alpha value is -0.380. The van der Waals surface area contributed by atoms with Gasteiger partial charge in [0.05, 0.1) is 18.5 Å². The third-order valence-electron chi connectivity index (χ3n) is 0.901. The Balaban J connectivity index is 3.04. The predicted molar refractivity (Wildman–Crippen MR) is 38.0 cm³/mol. The minimum absolute atomic E-state index is 0.119. The molecule has 1 aromatic rings. The fourth-order valence-corrected chi connectivity index (χ4v) is 0.710. The van der Waals surface area contributed by atoms with Crippen molar-refractivity contribution in [2.24, 2.45) is 0 Å². The number of rotatable bonds is 1. The van der Waals surface area contributed by atoms with E-state index in [1.54, 1.807) is 0 Å². The van der Waals surface area contributed by atoms with Crippen LogP contribution < -0.4 is 0 Å². The molecular formula is C5H4Cl2N2O. The van der Waals surface area contributed by atoms with Gasteiger partial charge in [-0.25, -0.2) is 9.97 Å². The topological polar surface area (TPSA) is 46.0 Å². The molecule has 54 valence electrons. The molecule has 5 heteroatoms. The van der Waals surface area contributed by atoms with Crippen LogP contribution in [0.15, 0.2) is 6.20 Å². The predicted octanol–water partition coefficient (Wildman–Crippen LogP) is 1.28. The van der Waals surface area contributed by atoms with E-state index in [0.717, 1.165) is 0 Å². The maximum Gasteiger partial charge on any atom is 0.166 e. The molecule has 0 spiro atoms. The molecule has 0 aliphatic rings. The molecule has 3 nitrogen and oxygen atoms in total. The highest BCUT2D eigenvalue weighted by atomic mass is 35.5. The van der Waals surface area contributed by atoms with Crippen molar-refractivity contribution in [3.63, 3.8) is 0 Å². The zero-order valence-electron chi connectivity index (χ0n) is 4.88. The first-order chi connectivity index (χ1) is 4.74. The van der Waals surface area contributed by atoms with Crippen molar-refractivity contribution in [1.82, 2.24) is 9.97 Å². The SMILES string of the molecule is OCc1cnc(Cl)c(Cl)n1. The lowest BCUT2D eigenvalue weighted by Gasteiger charge is -1.95. The number of hydrogen-bond donors (Lipinski definition) is 1. The first-order valence-electron chi connectivity index (χ1n) is 2.52. The van der Waals surface area contributed by atoms with Gasteiger partial charge in [0, 0.05) is 0 Å². The van der Waals surface area contributed by atoms with Crippen LogP contribution in [0, 0.1) is 0 Å². The van der Waals surface area contributed by atoms with Gasteiger partial charge in [-0.3, -0.25) is 0 Å². The summed E-state index contributed by atoms with van der Waals surface area (Å²) in [5.41, 5.74) is 0.411. The van der Waals surface area contributed by atoms with E-state index in [2.05, 4.69) is 9.97 Å². The fraction of sp³-hybridized carbons (Fsp3) is 0.200. The third-order valence-corrected chi connectivity index (χ3v) is 1.54. The Morgan fingerprint density at radius 2 is 2.10 bits per heavy atom. The fourth-order valence-electron chi connectivity index (χ4n) is 0.462. The number of nitrogens with zero attached hydrogens (tertiary/aromatic N) is 2. The first-order valence-corrected chi connectivity index (χ1v) is 3.27. The smallest absolute Gasteiger partial charge is 0.166 e. The maximum atomic E-state index is 8.55. The number of aliphatic hydroxyl groups is 1. The van der Waals surface area contributed by atoms with Crippen LogP contribution in [0.2, 0.25) is 10.3 Å². The summed E-state index contributed by atoms with van der Waals surface area (Å²) in [6.07, 6.45) is 1.37. The number of aromatic nitrogens is 2. The molecule has 0 unspecified atom stereocenters. The van der Waals surface area contributed by atoms with Crippen LogP contribution in [0.1, 0.15) is 5.69 Å². The summed E-state index contributed by atoms with van der Waals surface area (Å²) in [6, 6.07) is 0. The summed E-state index contributed by atoms with van der Waals surface area (Å²) in [5, 5.41) is 8.82. The average molecular weight is 179 g/mol. The minimum atomic E-state index is -0.177. The van der Waals surface area contributed by atoms with Crippen LogP contribution in [-0.2, 0) is 6.61 Å². The van der Waals surface area contributed by atoms with Gasteiger partial charge in [-0.2, -0.15) is 0 Å². The van der Waals surface area contributed by atoms with Gasteiger partial charge < -0.3 is 5.11 Å². The van der Waals surface area contributed by atoms with Crippen molar-refractivity contribution in [1.29, 1.82) is 0 Å². The lowest BCUT2D eigenvalue weighted by atomic mass is 10.5. The number of aliphatic hydroxyl groups excluding tert-OH is 1. The van der Waals surface area contributed by atoms with Crippen LogP contribution >= 0.6 is 23.2 Å². The largest absolute Gasteiger partial charge is 0.390 e. The van der Waals surface area contributed by atoms with Gasteiger partial charge in [-0.05, 0) is 0 Å². The molecule has 1 N–H and O–H groups in total. The molecule has 0 aliphatic carbocycles.